The van der Waals surface area contributed by atoms with Crippen molar-refractivity contribution in [1.82, 2.24) is 0 Å². The minimum absolute atomic E-state index is 1.09. The molecule has 0 atom stereocenters. The highest BCUT2D eigenvalue weighted by Gasteiger charge is 2.23. The maximum atomic E-state index is 3.60. The van der Waals surface area contributed by atoms with Crippen LogP contribution < -0.4 is 0 Å². The van der Waals surface area contributed by atoms with Crippen molar-refractivity contribution in [3.63, 3.8) is 0 Å². The van der Waals surface area contributed by atoms with Gasteiger partial charge in [0.1, 0.15) is 0 Å². The molecule has 0 nitrogen and oxygen atoms in total. The highest BCUT2D eigenvalue weighted by molar-refractivity contribution is 9.11. The predicted molar refractivity (Wildman–Crippen MR) is 108 cm³/mol. The Morgan fingerprint density at radius 1 is 0.522 bits per heavy atom. The van der Waals surface area contributed by atoms with Gasteiger partial charge in [-0.3, -0.25) is 0 Å². The van der Waals surface area contributed by atoms with Crippen LogP contribution in [0.2, 0.25) is 0 Å². The predicted octanol–water partition coefficient (Wildman–Crippen LogP) is 7.54. The molecule has 4 rings (SSSR count). The van der Waals surface area contributed by atoms with Gasteiger partial charge in [0.25, 0.3) is 0 Å². The van der Waals surface area contributed by atoms with E-state index in [4.69, 9.17) is 0 Å². The summed E-state index contributed by atoms with van der Waals surface area (Å²) in [7, 11) is 0. The van der Waals surface area contributed by atoms with Gasteiger partial charge in [-0.15, -0.1) is 0 Å². The van der Waals surface area contributed by atoms with Gasteiger partial charge in [-0.05, 0) is 75.9 Å². The van der Waals surface area contributed by atoms with Crippen molar-refractivity contribution in [1.29, 1.82) is 0 Å². The third-order valence-electron chi connectivity index (χ3n) is 4.01. The first-order valence-electron chi connectivity index (χ1n) is 7.19. The van der Waals surface area contributed by atoms with Crippen molar-refractivity contribution in [2.75, 3.05) is 0 Å². The van der Waals surface area contributed by atoms with Crippen molar-refractivity contribution in [3.05, 3.63) is 90.8 Å². The molecular weight excluding hydrogens is 480 g/mol. The van der Waals surface area contributed by atoms with E-state index in [2.05, 4.69) is 115 Å². The van der Waals surface area contributed by atoms with Crippen LogP contribution in [0.1, 0.15) is 16.7 Å². The standard InChI is InChI=1S/C20H11Br3/c21-13-3-1-12(2-4-13)9-18-19-10-14(22)5-7-16(19)17-8-6-15(23)11-20(17)18/h1-11H. The number of hydrogen-bond donors (Lipinski definition) is 0. The molecule has 0 fully saturated rings. The Hall–Kier alpha value is -1.16. The minimum atomic E-state index is 1.09. The Kier molecular flexibility index (Phi) is 4.04. The summed E-state index contributed by atoms with van der Waals surface area (Å²) in [6.45, 7) is 0. The summed E-state index contributed by atoms with van der Waals surface area (Å²) in [5, 5.41) is 0. The molecule has 0 amide bonds. The lowest BCUT2D eigenvalue weighted by molar-refractivity contribution is 1.59. The van der Waals surface area contributed by atoms with Gasteiger partial charge < -0.3 is 0 Å². The molecular formula is C20H11Br3. The molecule has 0 aromatic heterocycles. The third kappa shape index (κ3) is 2.86. The van der Waals surface area contributed by atoms with Crippen LogP contribution in [0.25, 0.3) is 22.8 Å². The first-order valence-corrected chi connectivity index (χ1v) is 9.57. The van der Waals surface area contributed by atoms with Gasteiger partial charge in [0, 0.05) is 13.4 Å². The number of fused-ring (bicyclic) bond motifs is 3. The Balaban J connectivity index is 1.97. The summed E-state index contributed by atoms with van der Waals surface area (Å²) in [6.07, 6.45) is 2.26. The molecule has 0 saturated carbocycles. The van der Waals surface area contributed by atoms with Crippen LogP contribution in [0.5, 0.6) is 0 Å². The molecule has 0 bridgehead atoms. The van der Waals surface area contributed by atoms with Crippen molar-refractivity contribution in [2.24, 2.45) is 0 Å². The van der Waals surface area contributed by atoms with Gasteiger partial charge in [0.15, 0.2) is 0 Å². The molecule has 0 radical (unpaired) electrons. The van der Waals surface area contributed by atoms with E-state index in [1.807, 2.05) is 0 Å². The number of rotatable bonds is 1. The normalized spacial score (nSPS) is 12.0. The molecule has 23 heavy (non-hydrogen) atoms. The molecule has 3 heteroatoms. The molecule has 1 aliphatic carbocycles. The summed E-state index contributed by atoms with van der Waals surface area (Å²) in [5.74, 6) is 0. The lowest BCUT2D eigenvalue weighted by Crippen LogP contribution is -1.83. The van der Waals surface area contributed by atoms with Gasteiger partial charge in [-0.25, -0.2) is 0 Å². The average Bonchev–Trinajstić information content (AvgIpc) is 2.82. The van der Waals surface area contributed by atoms with E-state index in [1.165, 1.54) is 33.4 Å². The van der Waals surface area contributed by atoms with E-state index in [1.54, 1.807) is 0 Å². The van der Waals surface area contributed by atoms with Crippen molar-refractivity contribution in [2.45, 2.75) is 0 Å². The largest absolute Gasteiger partial charge is 0.0538 e. The second kappa shape index (κ2) is 6.04. The molecule has 3 aromatic rings. The summed E-state index contributed by atoms with van der Waals surface area (Å²) in [4.78, 5) is 0. The molecule has 0 heterocycles. The molecule has 1 aliphatic rings. The topological polar surface area (TPSA) is 0 Å². The first kappa shape index (κ1) is 15.4. The average molecular weight is 491 g/mol. The Labute approximate surface area is 160 Å². The van der Waals surface area contributed by atoms with Crippen molar-refractivity contribution in [3.8, 4) is 11.1 Å². The summed E-state index contributed by atoms with van der Waals surface area (Å²) in [6, 6.07) is 21.4. The SMILES string of the molecule is Brc1ccc(C=C2c3cc(Br)ccc3-c3ccc(Br)cc32)cc1. The fourth-order valence-electron chi connectivity index (χ4n) is 2.97. The maximum Gasteiger partial charge on any atom is 0.0181 e. The van der Waals surface area contributed by atoms with Crippen molar-refractivity contribution >= 4 is 59.4 Å². The van der Waals surface area contributed by atoms with Crippen LogP contribution in [0.3, 0.4) is 0 Å². The number of hydrogen-bond acceptors (Lipinski definition) is 0. The molecule has 0 N–H and O–H groups in total. The van der Waals surface area contributed by atoms with Gasteiger partial charge in [-0.2, -0.15) is 0 Å². The van der Waals surface area contributed by atoms with Crippen LogP contribution in [-0.2, 0) is 0 Å². The fourth-order valence-corrected chi connectivity index (χ4v) is 3.96. The van der Waals surface area contributed by atoms with Gasteiger partial charge in [0.2, 0.25) is 0 Å². The van der Waals surface area contributed by atoms with E-state index in [9.17, 15) is 0 Å². The zero-order valence-corrected chi connectivity index (χ0v) is 16.7. The highest BCUT2D eigenvalue weighted by Crippen LogP contribution is 2.46. The fraction of sp³-hybridized carbons (Fsp3) is 0. The van der Waals surface area contributed by atoms with Gasteiger partial charge >= 0.3 is 0 Å². The maximum absolute atomic E-state index is 3.60. The molecule has 0 saturated heterocycles. The second-order valence-corrected chi connectivity index (χ2v) is 8.24. The summed E-state index contributed by atoms with van der Waals surface area (Å²) >= 11 is 10.7. The number of benzene rings is 3. The van der Waals surface area contributed by atoms with Crippen LogP contribution in [-0.4, -0.2) is 0 Å². The minimum Gasteiger partial charge on any atom is -0.0538 e. The van der Waals surface area contributed by atoms with Crippen LogP contribution in [0.4, 0.5) is 0 Å². The van der Waals surface area contributed by atoms with Crippen LogP contribution in [0, 0.1) is 0 Å². The zero-order valence-electron chi connectivity index (χ0n) is 12.0. The smallest absolute Gasteiger partial charge is 0.0181 e. The quantitative estimate of drug-likeness (QED) is 0.258. The first-order chi connectivity index (χ1) is 11.1. The van der Waals surface area contributed by atoms with Crippen LogP contribution in [0.15, 0.2) is 74.1 Å². The second-order valence-electron chi connectivity index (χ2n) is 5.49. The Morgan fingerprint density at radius 2 is 1.00 bits per heavy atom. The van der Waals surface area contributed by atoms with E-state index in [-0.39, 0.29) is 0 Å². The summed E-state index contributed by atoms with van der Waals surface area (Å²) in [5.41, 5.74) is 7.59. The highest BCUT2D eigenvalue weighted by atomic mass is 79.9. The third-order valence-corrected chi connectivity index (χ3v) is 5.53. The lowest BCUT2D eigenvalue weighted by atomic mass is 10.0. The Bertz CT molecular complexity index is 884. The molecule has 0 unspecified atom stereocenters. The molecule has 0 spiro atoms. The van der Waals surface area contributed by atoms with E-state index >= 15 is 0 Å². The van der Waals surface area contributed by atoms with Gasteiger partial charge in [0.05, 0.1) is 0 Å². The van der Waals surface area contributed by atoms with Gasteiger partial charge in [-0.1, -0.05) is 72.1 Å². The zero-order chi connectivity index (χ0) is 16.0. The molecule has 0 aliphatic heterocycles. The summed E-state index contributed by atoms with van der Waals surface area (Å²) < 4.78 is 3.30. The molecule has 112 valence electrons. The van der Waals surface area contributed by atoms with E-state index < -0.39 is 0 Å². The molecule has 3 aromatic carbocycles. The van der Waals surface area contributed by atoms with E-state index in [0.29, 0.717) is 0 Å². The number of halogens is 3. The van der Waals surface area contributed by atoms with Crippen LogP contribution >= 0.6 is 47.8 Å². The lowest BCUT2D eigenvalue weighted by Gasteiger charge is -2.05. The van der Waals surface area contributed by atoms with Crippen molar-refractivity contribution < 1.29 is 0 Å². The monoisotopic (exact) mass is 488 g/mol. The Morgan fingerprint density at radius 3 is 1.52 bits per heavy atom. The van der Waals surface area contributed by atoms with E-state index in [0.717, 1.165) is 13.4 Å².